The zero-order valence-electron chi connectivity index (χ0n) is 11.5. The van der Waals surface area contributed by atoms with Crippen LogP contribution < -0.4 is 10.1 Å². The van der Waals surface area contributed by atoms with Gasteiger partial charge in [-0.2, -0.15) is 0 Å². The molecule has 2 nitrogen and oxygen atoms in total. The molecular weight excluding hydrogens is 210 g/mol. The van der Waals surface area contributed by atoms with E-state index in [1.807, 2.05) is 7.05 Å². The van der Waals surface area contributed by atoms with Gasteiger partial charge in [0.05, 0.1) is 6.04 Å². The van der Waals surface area contributed by atoms with Gasteiger partial charge >= 0.3 is 0 Å². The molecule has 1 aromatic rings. The van der Waals surface area contributed by atoms with Crippen LogP contribution in [0.4, 0.5) is 0 Å². The maximum atomic E-state index is 6.12. The molecule has 1 N–H and O–H groups in total. The van der Waals surface area contributed by atoms with Crippen molar-refractivity contribution in [3.8, 4) is 5.75 Å². The monoisotopic (exact) mass is 233 g/mol. The minimum atomic E-state index is 0.272. The first-order valence-corrected chi connectivity index (χ1v) is 6.57. The molecule has 0 aliphatic carbocycles. The van der Waals surface area contributed by atoms with Gasteiger partial charge in [0.25, 0.3) is 0 Å². The van der Waals surface area contributed by atoms with Crippen LogP contribution in [0.5, 0.6) is 5.75 Å². The third kappa shape index (κ3) is 1.95. The number of likely N-dealkylation sites (N-methyl/N-ethyl adjacent to an activating group) is 1. The fraction of sp³-hybridized carbons (Fsp3) is 0.600. The van der Waals surface area contributed by atoms with Crippen LogP contribution in [-0.4, -0.2) is 13.2 Å². The molecule has 1 heterocycles. The van der Waals surface area contributed by atoms with Crippen LogP contribution in [0, 0.1) is 6.92 Å². The van der Waals surface area contributed by atoms with Crippen LogP contribution in [0.1, 0.15) is 55.8 Å². The lowest BCUT2D eigenvalue weighted by molar-refractivity contribution is 0.188. The number of nitrogens with one attached hydrogen (secondary N) is 1. The summed E-state index contributed by atoms with van der Waals surface area (Å²) in [6.07, 6.45) is 1.31. The second-order valence-corrected chi connectivity index (χ2v) is 5.20. The molecule has 94 valence electrons. The zero-order chi connectivity index (χ0) is 12.6. The van der Waals surface area contributed by atoms with Gasteiger partial charge in [-0.3, -0.25) is 0 Å². The van der Waals surface area contributed by atoms with E-state index in [0.717, 1.165) is 12.2 Å². The Balaban J connectivity index is 2.55. The lowest BCUT2D eigenvalue weighted by Crippen LogP contribution is -2.28. The van der Waals surface area contributed by atoms with E-state index in [0.29, 0.717) is 12.0 Å². The Labute approximate surface area is 104 Å². The summed E-state index contributed by atoms with van der Waals surface area (Å²) in [5, 5.41) is 3.42. The summed E-state index contributed by atoms with van der Waals surface area (Å²) in [5.74, 6) is 1.65. The Morgan fingerprint density at radius 3 is 2.59 bits per heavy atom. The molecule has 0 aromatic heterocycles. The Morgan fingerprint density at radius 2 is 2.06 bits per heavy atom. The van der Waals surface area contributed by atoms with E-state index in [-0.39, 0.29) is 6.10 Å². The Morgan fingerprint density at radius 1 is 1.35 bits per heavy atom. The quantitative estimate of drug-likeness (QED) is 0.862. The van der Waals surface area contributed by atoms with Crippen molar-refractivity contribution in [1.29, 1.82) is 0 Å². The fourth-order valence-corrected chi connectivity index (χ4v) is 2.76. The molecule has 1 aliphatic rings. The summed E-state index contributed by atoms with van der Waals surface area (Å²) in [4.78, 5) is 0. The maximum Gasteiger partial charge on any atom is 0.127 e. The number of fused-ring (bicyclic) bond motifs is 1. The normalized spacial score (nSPS) is 22.7. The number of ether oxygens (including phenoxy) is 1. The van der Waals surface area contributed by atoms with Crippen molar-refractivity contribution in [3.05, 3.63) is 28.8 Å². The first-order chi connectivity index (χ1) is 8.10. The predicted molar refractivity (Wildman–Crippen MR) is 71.8 cm³/mol. The Kier molecular flexibility index (Phi) is 3.43. The van der Waals surface area contributed by atoms with Crippen molar-refractivity contribution < 1.29 is 4.74 Å². The number of aryl methyl sites for hydroxylation is 1. The van der Waals surface area contributed by atoms with Gasteiger partial charge in [0.15, 0.2) is 0 Å². The van der Waals surface area contributed by atoms with Crippen molar-refractivity contribution in [2.45, 2.75) is 52.2 Å². The van der Waals surface area contributed by atoms with Crippen LogP contribution in [0.2, 0.25) is 0 Å². The molecule has 2 heteroatoms. The Bertz CT molecular complexity index is 412. The summed E-state index contributed by atoms with van der Waals surface area (Å²) < 4.78 is 6.12. The van der Waals surface area contributed by atoms with Gasteiger partial charge in [0.2, 0.25) is 0 Å². The second kappa shape index (κ2) is 4.69. The molecule has 2 atom stereocenters. The largest absolute Gasteiger partial charge is 0.488 e. The van der Waals surface area contributed by atoms with E-state index in [4.69, 9.17) is 4.74 Å². The van der Waals surface area contributed by atoms with Crippen molar-refractivity contribution in [2.24, 2.45) is 0 Å². The van der Waals surface area contributed by atoms with E-state index < -0.39 is 0 Å². The van der Waals surface area contributed by atoms with Gasteiger partial charge in [-0.15, -0.1) is 0 Å². The summed E-state index contributed by atoms with van der Waals surface area (Å²) in [7, 11) is 2.03. The van der Waals surface area contributed by atoms with Crippen LogP contribution in [0.3, 0.4) is 0 Å². The molecule has 1 aromatic carbocycles. The topological polar surface area (TPSA) is 21.3 Å². The number of hydrogen-bond donors (Lipinski definition) is 1. The van der Waals surface area contributed by atoms with Crippen LogP contribution in [0.15, 0.2) is 12.1 Å². The molecule has 0 saturated carbocycles. The van der Waals surface area contributed by atoms with Crippen LogP contribution in [-0.2, 0) is 0 Å². The second-order valence-electron chi connectivity index (χ2n) is 5.20. The molecule has 0 radical (unpaired) electrons. The molecule has 0 fully saturated rings. The molecule has 0 saturated heterocycles. The van der Waals surface area contributed by atoms with Crippen molar-refractivity contribution in [3.63, 3.8) is 0 Å². The first-order valence-electron chi connectivity index (χ1n) is 6.57. The first kappa shape index (κ1) is 12.4. The molecule has 1 aliphatic heterocycles. The van der Waals surface area contributed by atoms with E-state index in [2.05, 4.69) is 45.1 Å². The summed E-state index contributed by atoms with van der Waals surface area (Å²) >= 11 is 0. The fourth-order valence-electron chi connectivity index (χ4n) is 2.76. The molecule has 17 heavy (non-hydrogen) atoms. The third-order valence-corrected chi connectivity index (χ3v) is 3.71. The molecular formula is C15H23NO. The number of rotatable bonds is 3. The third-order valence-electron chi connectivity index (χ3n) is 3.71. The van der Waals surface area contributed by atoms with Gasteiger partial charge in [0.1, 0.15) is 11.9 Å². The zero-order valence-corrected chi connectivity index (χ0v) is 11.5. The van der Waals surface area contributed by atoms with Crippen LogP contribution >= 0.6 is 0 Å². The Hall–Kier alpha value is -1.02. The average Bonchev–Trinajstić information content (AvgIpc) is 2.68. The number of hydrogen-bond acceptors (Lipinski definition) is 2. The van der Waals surface area contributed by atoms with Crippen molar-refractivity contribution in [1.82, 2.24) is 5.32 Å². The lowest BCUT2D eigenvalue weighted by Gasteiger charge is -2.19. The van der Waals surface area contributed by atoms with Crippen LogP contribution in [0.25, 0.3) is 0 Å². The average molecular weight is 233 g/mol. The van der Waals surface area contributed by atoms with Gasteiger partial charge in [-0.25, -0.2) is 0 Å². The number of benzene rings is 1. The summed E-state index contributed by atoms with van der Waals surface area (Å²) in [5.41, 5.74) is 4.05. The van der Waals surface area contributed by atoms with E-state index in [9.17, 15) is 0 Å². The SMILES string of the molecule is CCC1Oc2c(C)ccc(C(C)C)c2C1NC. The smallest absolute Gasteiger partial charge is 0.127 e. The van der Waals surface area contributed by atoms with E-state index >= 15 is 0 Å². The van der Waals surface area contributed by atoms with E-state index in [1.54, 1.807) is 0 Å². The highest BCUT2D eigenvalue weighted by molar-refractivity contribution is 5.52. The molecule has 0 spiro atoms. The van der Waals surface area contributed by atoms with Gasteiger partial charge in [-0.1, -0.05) is 32.9 Å². The van der Waals surface area contributed by atoms with Gasteiger partial charge < -0.3 is 10.1 Å². The summed E-state index contributed by atoms with van der Waals surface area (Å²) in [6, 6.07) is 4.77. The highest BCUT2D eigenvalue weighted by atomic mass is 16.5. The highest BCUT2D eigenvalue weighted by Crippen LogP contribution is 2.44. The summed E-state index contributed by atoms with van der Waals surface area (Å²) in [6.45, 7) is 8.81. The molecule has 0 bridgehead atoms. The van der Waals surface area contributed by atoms with Gasteiger partial charge in [0, 0.05) is 5.56 Å². The van der Waals surface area contributed by atoms with Crippen molar-refractivity contribution >= 4 is 0 Å². The molecule has 2 rings (SSSR count). The highest BCUT2D eigenvalue weighted by Gasteiger charge is 2.35. The molecule has 2 unspecified atom stereocenters. The predicted octanol–water partition coefficient (Wildman–Crippen LogP) is 3.55. The minimum Gasteiger partial charge on any atom is -0.488 e. The lowest BCUT2D eigenvalue weighted by atomic mass is 9.89. The minimum absolute atomic E-state index is 0.272. The molecule has 0 amide bonds. The van der Waals surface area contributed by atoms with Gasteiger partial charge in [-0.05, 0) is 37.4 Å². The standard InChI is InChI=1S/C15H23NO/c1-6-12-14(16-5)13-11(9(2)3)8-7-10(4)15(13)17-12/h7-9,12,14,16H,6H2,1-5H3. The maximum absolute atomic E-state index is 6.12. The van der Waals surface area contributed by atoms with Crippen molar-refractivity contribution in [2.75, 3.05) is 7.05 Å². The van der Waals surface area contributed by atoms with E-state index in [1.165, 1.54) is 16.7 Å².